The van der Waals surface area contributed by atoms with Gasteiger partial charge < -0.3 is 19.9 Å². The number of benzene rings is 2. The highest BCUT2D eigenvalue weighted by Gasteiger charge is 2.37. The fourth-order valence-corrected chi connectivity index (χ4v) is 5.24. The van der Waals surface area contributed by atoms with E-state index < -0.39 is 112 Å². The minimum atomic E-state index is -3.44. The molecule has 2 aromatic carbocycles. The van der Waals surface area contributed by atoms with Crippen molar-refractivity contribution >= 4 is 23.8 Å². The second-order valence-electron chi connectivity index (χ2n) is 12.5. The first-order valence-corrected chi connectivity index (χ1v) is 16.0. The summed E-state index contributed by atoms with van der Waals surface area (Å²) in [5, 5.41) is 14.8. The van der Waals surface area contributed by atoms with E-state index in [4.69, 9.17) is 21.2 Å². The maximum absolute atomic E-state index is 14.5. The van der Waals surface area contributed by atoms with Crippen LogP contribution in [0.25, 0.3) is 11.3 Å². The number of Topliss-reactive ketones (excluding diaryl/α,β-unsaturated/α-hetero) is 1. The Bertz CT molecular complexity index is 2060. The molecule has 51 heavy (non-hydrogen) atoms. The van der Waals surface area contributed by atoms with Gasteiger partial charge in [0.15, 0.2) is 5.78 Å². The molecule has 11 heteroatoms. The van der Waals surface area contributed by atoms with Gasteiger partial charge in [-0.2, -0.15) is 0 Å². The van der Waals surface area contributed by atoms with Gasteiger partial charge in [0, 0.05) is 47.7 Å². The van der Waals surface area contributed by atoms with Crippen LogP contribution in [0, 0.1) is 22.7 Å². The maximum Gasteiger partial charge on any atom is 0.407 e. The van der Waals surface area contributed by atoms with Crippen LogP contribution in [0.15, 0.2) is 79.0 Å². The van der Waals surface area contributed by atoms with Gasteiger partial charge in [-0.3, -0.25) is 24.8 Å². The Morgan fingerprint density at radius 2 is 1.55 bits per heavy atom. The first kappa shape index (κ1) is 24.6. The van der Waals surface area contributed by atoms with E-state index >= 15 is 0 Å². The number of carbonyl (C=O) groups excluding carboxylic acids is 4. The molecular formula is C40H54N4O7. The predicted octanol–water partition coefficient (Wildman–Crippen LogP) is 5.76. The van der Waals surface area contributed by atoms with Gasteiger partial charge in [0.1, 0.15) is 0 Å². The minimum Gasteiger partial charge on any atom is -0.469 e. The molecule has 0 saturated heterocycles. The SMILES string of the molecule is [2H]C([2H])(c1ccc(-c2ccccn2)cc1)N(C[C@H](O)[C@@H](CC(=O)[C@@H](NC(=O)OC)C(C)(C([2H])([2H])[2H])C([2H])([2H])[2H])Cc1ccccc1)NC(=O)[C@@H](CC(=O)OC)C(C)(C([2H])([2H])[2H])C([2H])([2H])[2H]. The van der Waals surface area contributed by atoms with Crippen LogP contribution in [0.2, 0.25) is 0 Å². The third kappa shape index (κ3) is 12.9. The van der Waals surface area contributed by atoms with Crippen LogP contribution < -0.4 is 10.7 Å². The van der Waals surface area contributed by atoms with E-state index in [0.29, 0.717) is 21.8 Å². The van der Waals surface area contributed by atoms with E-state index in [1.54, 1.807) is 48.5 Å². The Labute approximate surface area is 321 Å². The van der Waals surface area contributed by atoms with Crippen molar-refractivity contribution < 1.29 is 52.9 Å². The fourth-order valence-electron chi connectivity index (χ4n) is 5.24. The summed E-state index contributed by atoms with van der Waals surface area (Å²) in [5.41, 5.74) is -2.29. The molecule has 1 aromatic heterocycles. The number of alkyl carbamates (subject to hydrolysis) is 1. The lowest BCUT2D eigenvalue weighted by Crippen LogP contribution is -2.52. The average Bonchev–Trinajstić information content (AvgIpc) is 3.22. The standard InChI is InChI=1S/C40H54N4O7/c1-39(2,3)31(24-35(47)50-7)37(48)43-44(25-28-17-19-29(20-18-28)32-16-12-13-21-41-32)26-34(46)30(22-27-14-10-9-11-15-27)23-33(45)36(40(4,5)6)42-38(49)51-8/h9-21,30-31,34,36,46H,22-26H2,1-8H3,(H,42,49)(H,43,48)/t30-,31-,34+,36-/m1/s1/i1D3,2D3,4D3,5D3,25D2. The molecule has 4 atom stereocenters. The van der Waals surface area contributed by atoms with Crippen LogP contribution in [-0.2, 0) is 36.8 Å². The van der Waals surface area contributed by atoms with Crippen molar-refractivity contribution in [2.75, 3.05) is 20.8 Å². The molecule has 2 amide bonds. The normalized spacial score (nSPS) is 19.5. The Morgan fingerprint density at radius 3 is 2.14 bits per heavy atom. The number of hydrogen-bond donors (Lipinski definition) is 3. The first-order valence-electron chi connectivity index (χ1n) is 23.0. The molecule has 0 aliphatic carbocycles. The highest BCUT2D eigenvalue weighted by molar-refractivity contribution is 5.88. The Hall–Kier alpha value is -4.61. The van der Waals surface area contributed by atoms with Crippen LogP contribution in [0.4, 0.5) is 4.79 Å². The van der Waals surface area contributed by atoms with E-state index in [2.05, 4.69) is 20.5 Å². The van der Waals surface area contributed by atoms with Crippen molar-refractivity contribution in [3.05, 3.63) is 90.1 Å². The van der Waals surface area contributed by atoms with Crippen molar-refractivity contribution in [2.45, 2.75) is 79.2 Å². The topological polar surface area (TPSA) is 147 Å². The van der Waals surface area contributed by atoms with E-state index in [0.717, 1.165) is 28.1 Å². The molecule has 0 fully saturated rings. The average molecular weight is 717 g/mol. The van der Waals surface area contributed by atoms with Crippen molar-refractivity contribution in [3.63, 3.8) is 0 Å². The van der Waals surface area contributed by atoms with Crippen LogP contribution in [0.3, 0.4) is 0 Å². The molecule has 0 unspecified atom stereocenters. The van der Waals surface area contributed by atoms with Gasteiger partial charge in [-0.05, 0) is 46.4 Å². The smallest absolute Gasteiger partial charge is 0.407 e. The Balaban J connectivity index is 2.27. The number of rotatable bonds is 16. The zero-order chi connectivity index (χ0) is 49.6. The monoisotopic (exact) mass is 716 g/mol. The van der Waals surface area contributed by atoms with E-state index in [1.807, 2.05) is 0 Å². The highest BCUT2D eigenvalue weighted by Crippen LogP contribution is 2.30. The molecule has 276 valence electrons. The lowest BCUT2D eigenvalue weighted by molar-refractivity contribution is -0.148. The number of esters is 1. The van der Waals surface area contributed by atoms with Crippen LogP contribution in [0.1, 0.15) is 84.4 Å². The van der Waals surface area contributed by atoms with Gasteiger partial charge in [-0.15, -0.1) is 0 Å². The summed E-state index contributed by atoms with van der Waals surface area (Å²) in [6.45, 7) is -16.0. The number of hydrogen-bond acceptors (Lipinski definition) is 9. The summed E-state index contributed by atoms with van der Waals surface area (Å²) < 4.78 is 126. The third-order valence-electron chi connectivity index (χ3n) is 8.03. The summed E-state index contributed by atoms with van der Waals surface area (Å²) in [6.07, 6.45) is -3.92. The van der Waals surface area contributed by atoms with Gasteiger partial charge in [-0.1, -0.05) is 102 Å². The van der Waals surface area contributed by atoms with Crippen molar-refractivity contribution in [1.82, 2.24) is 20.7 Å². The fraction of sp³-hybridized carbons (Fsp3) is 0.475. The summed E-state index contributed by atoms with van der Waals surface area (Å²) in [4.78, 5) is 58.4. The molecule has 3 aromatic rings. The van der Waals surface area contributed by atoms with E-state index in [1.165, 1.54) is 30.5 Å². The molecule has 0 bridgehead atoms. The molecule has 3 N–H and O–H groups in total. The van der Waals surface area contributed by atoms with Gasteiger partial charge >= 0.3 is 12.1 Å². The predicted molar refractivity (Wildman–Crippen MR) is 196 cm³/mol. The van der Waals surface area contributed by atoms with Crippen LogP contribution >= 0.6 is 0 Å². The summed E-state index contributed by atoms with van der Waals surface area (Å²) in [5.74, 6) is -7.47. The minimum absolute atomic E-state index is 0.173. The second kappa shape index (κ2) is 18.6. The molecule has 1 heterocycles. The number of ketones is 1. The molecule has 0 aliphatic rings. The number of aliphatic hydroxyl groups excluding tert-OH is 1. The lowest BCUT2D eigenvalue weighted by atomic mass is 9.78. The van der Waals surface area contributed by atoms with Crippen molar-refractivity contribution in [1.29, 1.82) is 0 Å². The first-order chi connectivity index (χ1) is 29.8. The second-order valence-corrected chi connectivity index (χ2v) is 12.5. The summed E-state index contributed by atoms with van der Waals surface area (Å²) >= 11 is 0. The lowest BCUT2D eigenvalue weighted by Gasteiger charge is -2.35. The van der Waals surface area contributed by atoms with Crippen LogP contribution in [0.5, 0.6) is 0 Å². The highest BCUT2D eigenvalue weighted by atomic mass is 16.5. The number of methoxy groups -OCH3 is 2. The van der Waals surface area contributed by atoms with Gasteiger partial charge in [-0.25, -0.2) is 9.80 Å². The van der Waals surface area contributed by atoms with Crippen molar-refractivity contribution in [2.24, 2.45) is 22.7 Å². The van der Waals surface area contributed by atoms with Gasteiger partial charge in [0.25, 0.3) is 0 Å². The van der Waals surface area contributed by atoms with Crippen LogP contribution in [-0.4, -0.2) is 71.8 Å². The molecule has 11 nitrogen and oxygen atoms in total. The Morgan fingerprint density at radius 1 is 0.882 bits per heavy atom. The number of aromatic nitrogens is 1. The quantitative estimate of drug-likeness (QED) is 0.124. The number of pyridine rings is 1. The largest absolute Gasteiger partial charge is 0.469 e. The van der Waals surface area contributed by atoms with Crippen molar-refractivity contribution in [3.8, 4) is 11.3 Å². The van der Waals surface area contributed by atoms with E-state index in [9.17, 15) is 27.0 Å². The van der Waals surface area contributed by atoms with Gasteiger partial charge in [0.2, 0.25) is 5.91 Å². The number of ether oxygens (including phenoxy) is 2. The number of carbonyl (C=O) groups is 4. The molecule has 3 rings (SSSR count). The molecule has 0 spiro atoms. The molecule has 0 radical (unpaired) electrons. The molecule has 0 saturated carbocycles. The summed E-state index contributed by atoms with van der Waals surface area (Å²) in [7, 11) is 1.83. The Kier molecular flexibility index (Phi) is 8.94. The third-order valence-corrected chi connectivity index (χ3v) is 8.03. The number of nitrogens with one attached hydrogen (secondary N) is 2. The zero-order valence-corrected chi connectivity index (χ0v) is 28.9. The zero-order valence-electron chi connectivity index (χ0n) is 42.9. The number of hydrazine groups is 1. The number of aliphatic hydroxyl groups is 1. The number of amides is 2. The maximum atomic E-state index is 14.5. The number of nitrogens with zero attached hydrogens (tertiary/aromatic N) is 2. The molecular weight excluding hydrogens is 648 g/mol. The molecule has 0 aliphatic heterocycles. The van der Waals surface area contributed by atoms with E-state index in [-0.39, 0.29) is 12.0 Å². The van der Waals surface area contributed by atoms with Gasteiger partial charge in [0.05, 0.1) is 47.1 Å². The summed E-state index contributed by atoms with van der Waals surface area (Å²) in [6, 6.07) is 16.6.